The Morgan fingerprint density at radius 3 is 3.00 bits per heavy atom. The molecule has 0 atom stereocenters. The zero-order valence-electron chi connectivity index (χ0n) is 9.08. The van der Waals surface area contributed by atoms with Gasteiger partial charge >= 0.3 is 5.97 Å². The van der Waals surface area contributed by atoms with Gasteiger partial charge in [-0.1, -0.05) is 0 Å². The fraction of sp³-hybridized carbons (Fsp3) is 0.182. The van der Waals surface area contributed by atoms with Crippen LogP contribution in [0.4, 0.5) is 0 Å². The highest BCUT2D eigenvalue weighted by atomic mass is 16.5. The zero-order chi connectivity index (χ0) is 12.3. The number of aromatic nitrogens is 2. The molecule has 0 aliphatic carbocycles. The predicted octanol–water partition coefficient (Wildman–Crippen LogP) is 1.37. The fourth-order valence-electron chi connectivity index (χ4n) is 1.36. The lowest BCUT2D eigenvalue weighted by Crippen LogP contribution is -2.06. The Hall–Kier alpha value is -2.37. The van der Waals surface area contributed by atoms with E-state index in [9.17, 15) is 4.79 Å². The third-order valence-corrected chi connectivity index (χ3v) is 2.14. The van der Waals surface area contributed by atoms with E-state index in [0.29, 0.717) is 18.0 Å². The maximum atomic E-state index is 10.8. The molecule has 2 aromatic heterocycles. The van der Waals surface area contributed by atoms with Crippen molar-refractivity contribution < 1.29 is 19.1 Å². The van der Waals surface area contributed by atoms with Crippen molar-refractivity contribution in [3.05, 3.63) is 41.7 Å². The smallest absolute Gasteiger partial charge is 0.342 e. The van der Waals surface area contributed by atoms with Crippen molar-refractivity contribution in [3.63, 3.8) is 0 Å². The minimum absolute atomic E-state index is 0.0501. The standard InChI is InChI=1S/C11H10N2O4/c1-16-10-8(11(14)15)6-12-9(13-10)5-7-3-2-4-17-7/h2-4,6H,5H2,1H3,(H,14,15). The average Bonchev–Trinajstić information content (AvgIpc) is 2.81. The molecule has 88 valence electrons. The summed E-state index contributed by atoms with van der Waals surface area (Å²) in [4.78, 5) is 18.8. The first-order valence-electron chi connectivity index (χ1n) is 4.86. The number of hydrogen-bond donors (Lipinski definition) is 1. The van der Waals surface area contributed by atoms with Gasteiger partial charge in [-0.25, -0.2) is 9.78 Å². The monoisotopic (exact) mass is 234 g/mol. The molecule has 0 amide bonds. The van der Waals surface area contributed by atoms with E-state index in [2.05, 4.69) is 9.97 Å². The van der Waals surface area contributed by atoms with E-state index in [1.54, 1.807) is 18.4 Å². The van der Waals surface area contributed by atoms with Crippen molar-refractivity contribution in [1.82, 2.24) is 9.97 Å². The molecule has 1 N–H and O–H groups in total. The Labute approximate surface area is 96.9 Å². The SMILES string of the molecule is COc1nc(Cc2ccco2)ncc1C(=O)O. The van der Waals surface area contributed by atoms with Crippen LogP contribution in [-0.2, 0) is 6.42 Å². The summed E-state index contributed by atoms with van der Waals surface area (Å²) in [5.41, 5.74) is -0.0595. The maximum absolute atomic E-state index is 10.8. The Morgan fingerprint density at radius 2 is 2.41 bits per heavy atom. The third-order valence-electron chi connectivity index (χ3n) is 2.14. The molecule has 2 rings (SSSR count). The highest BCUT2D eigenvalue weighted by molar-refractivity contribution is 5.89. The van der Waals surface area contributed by atoms with E-state index in [1.807, 2.05) is 0 Å². The number of carboxylic acids is 1. The van der Waals surface area contributed by atoms with Gasteiger partial charge in [0.2, 0.25) is 5.88 Å². The second-order valence-electron chi connectivity index (χ2n) is 3.27. The summed E-state index contributed by atoms with van der Waals surface area (Å²) in [6.07, 6.45) is 3.17. The number of hydrogen-bond acceptors (Lipinski definition) is 5. The molecular weight excluding hydrogens is 224 g/mol. The Balaban J connectivity index is 2.28. The highest BCUT2D eigenvalue weighted by Gasteiger charge is 2.14. The van der Waals surface area contributed by atoms with E-state index >= 15 is 0 Å². The summed E-state index contributed by atoms with van der Waals surface area (Å²) in [5.74, 6) is 0.0809. The first kappa shape index (κ1) is 11.1. The molecule has 0 fully saturated rings. The number of furan rings is 1. The molecule has 2 heterocycles. The lowest BCUT2D eigenvalue weighted by Gasteiger charge is -2.04. The molecule has 6 heteroatoms. The maximum Gasteiger partial charge on any atom is 0.342 e. The van der Waals surface area contributed by atoms with Crippen LogP contribution in [0.15, 0.2) is 29.0 Å². The molecule has 0 aromatic carbocycles. The molecule has 0 spiro atoms. The van der Waals surface area contributed by atoms with E-state index < -0.39 is 5.97 Å². The first-order chi connectivity index (χ1) is 8.20. The lowest BCUT2D eigenvalue weighted by atomic mass is 10.3. The van der Waals surface area contributed by atoms with Gasteiger partial charge in [-0.3, -0.25) is 0 Å². The summed E-state index contributed by atoms with van der Waals surface area (Å²) < 4.78 is 10.1. The molecule has 17 heavy (non-hydrogen) atoms. The zero-order valence-corrected chi connectivity index (χ0v) is 9.08. The Morgan fingerprint density at radius 1 is 1.59 bits per heavy atom. The van der Waals surface area contributed by atoms with Crippen molar-refractivity contribution in [2.24, 2.45) is 0 Å². The van der Waals surface area contributed by atoms with Gasteiger partial charge in [0.1, 0.15) is 17.1 Å². The summed E-state index contributed by atoms with van der Waals surface area (Å²) >= 11 is 0. The van der Waals surface area contributed by atoms with Gasteiger partial charge in [0.05, 0.1) is 19.8 Å². The minimum atomic E-state index is -1.12. The molecule has 0 radical (unpaired) electrons. The first-order valence-corrected chi connectivity index (χ1v) is 4.86. The van der Waals surface area contributed by atoms with Crippen molar-refractivity contribution in [2.75, 3.05) is 7.11 Å². The number of carboxylic acid groups (broad SMARTS) is 1. The largest absolute Gasteiger partial charge is 0.480 e. The number of nitrogens with zero attached hydrogens (tertiary/aromatic N) is 2. The van der Waals surface area contributed by atoms with Gasteiger partial charge in [-0.05, 0) is 12.1 Å². The quantitative estimate of drug-likeness (QED) is 0.859. The second kappa shape index (κ2) is 4.65. The van der Waals surface area contributed by atoms with Crippen LogP contribution >= 0.6 is 0 Å². The van der Waals surface area contributed by atoms with Gasteiger partial charge in [0.15, 0.2) is 0 Å². The topological polar surface area (TPSA) is 85.5 Å². The van der Waals surface area contributed by atoms with Gasteiger partial charge in [-0.15, -0.1) is 0 Å². The molecule has 0 bridgehead atoms. The summed E-state index contributed by atoms with van der Waals surface area (Å²) in [7, 11) is 1.37. The van der Waals surface area contributed by atoms with Gasteiger partial charge in [-0.2, -0.15) is 4.98 Å². The van der Waals surface area contributed by atoms with Crippen molar-refractivity contribution in [3.8, 4) is 5.88 Å². The average molecular weight is 234 g/mol. The van der Waals surface area contributed by atoms with Crippen LogP contribution in [-0.4, -0.2) is 28.2 Å². The van der Waals surface area contributed by atoms with Crippen LogP contribution < -0.4 is 4.74 Å². The lowest BCUT2D eigenvalue weighted by molar-refractivity contribution is 0.0692. The molecule has 2 aromatic rings. The number of ether oxygens (including phenoxy) is 1. The molecule has 0 saturated heterocycles. The van der Waals surface area contributed by atoms with Crippen LogP contribution in [0.3, 0.4) is 0 Å². The van der Waals surface area contributed by atoms with E-state index in [1.165, 1.54) is 13.3 Å². The van der Waals surface area contributed by atoms with Crippen molar-refractivity contribution in [1.29, 1.82) is 0 Å². The summed E-state index contributed by atoms with van der Waals surface area (Å²) in [6, 6.07) is 3.55. The van der Waals surface area contributed by atoms with Gasteiger partial charge < -0.3 is 14.3 Å². The molecule has 0 saturated carbocycles. The third kappa shape index (κ3) is 2.41. The van der Waals surface area contributed by atoms with Crippen LogP contribution in [0, 0.1) is 0 Å². The van der Waals surface area contributed by atoms with Crippen molar-refractivity contribution in [2.45, 2.75) is 6.42 Å². The van der Waals surface area contributed by atoms with Crippen LogP contribution in [0.2, 0.25) is 0 Å². The normalized spacial score (nSPS) is 10.2. The summed E-state index contributed by atoms with van der Waals surface area (Å²) in [5, 5.41) is 8.87. The van der Waals surface area contributed by atoms with Gasteiger partial charge in [0.25, 0.3) is 0 Å². The van der Waals surface area contributed by atoms with Crippen molar-refractivity contribution >= 4 is 5.97 Å². The molecule has 6 nitrogen and oxygen atoms in total. The second-order valence-corrected chi connectivity index (χ2v) is 3.27. The predicted molar refractivity (Wildman–Crippen MR) is 57.1 cm³/mol. The Bertz CT molecular complexity index is 522. The Kier molecular flexibility index (Phi) is 3.04. The molecular formula is C11H10N2O4. The van der Waals surface area contributed by atoms with Crippen LogP contribution in [0.1, 0.15) is 21.9 Å². The minimum Gasteiger partial charge on any atom is -0.480 e. The molecule has 0 aliphatic rings. The van der Waals surface area contributed by atoms with Crippen LogP contribution in [0.5, 0.6) is 5.88 Å². The van der Waals surface area contributed by atoms with Crippen LogP contribution in [0.25, 0.3) is 0 Å². The summed E-state index contributed by atoms with van der Waals surface area (Å²) in [6.45, 7) is 0. The molecule has 0 aliphatic heterocycles. The van der Waals surface area contributed by atoms with Gasteiger partial charge in [0, 0.05) is 6.20 Å². The van der Waals surface area contributed by atoms with E-state index in [-0.39, 0.29) is 11.4 Å². The number of methoxy groups -OCH3 is 1. The number of aromatic carboxylic acids is 1. The highest BCUT2D eigenvalue weighted by Crippen LogP contribution is 2.15. The van der Waals surface area contributed by atoms with E-state index in [4.69, 9.17) is 14.3 Å². The van der Waals surface area contributed by atoms with E-state index in [0.717, 1.165) is 0 Å². The number of carbonyl (C=O) groups is 1. The number of rotatable bonds is 4. The molecule has 0 unspecified atom stereocenters. The fourth-order valence-corrected chi connectivity index (χ4v) is 1.36.